The first kappa shape index (κ1) is 17.9. The van der Waals surface area contributed by atoms with Crippen LogP contribution in [0.4, 0.5) is 0 Å². The van der Waals surface area contributed by atoms with Gasteiger partial charge in [-0.25, -0.2) is 0 Å². The standard InChI is InChI=1S/C13H26N2O4/c1-4-10(12(16)17)9-15-8-6-5-7-11(14-2)13(18)19-3/h10-11,14-15H,4-9H2,1-3H3,(H,16,17). The van der Waals surface area contributed by atoms with Crippen molar-refractivity contribution in [1.82, 2.24) is 10.6 Å². The Morgan fingerprint density at radius 1 is 1.32 bits per heavy atom. The van der Waals surface area contributed by atoms with E-state index >= 15 is 0 Å². The number of carboxylic acid groups (broad SMARTS) is 1. The van der Waals surface area contributed by atoms with E-state index in [1.165, 1.54) is 7.11 Å². The summed E-state index contributed by atoms with van der Waals surface area (Å²) in [6.45, 7) is 3.13. The van der Waals surface area contributed by atoms with Crippen LogP contribution in [0.2, 0.25) is 0 Å². The maximum atomic E-state index is 11.3. The van der Waals surface area contributed by atoms with Crippen molar-refractivity contribution in [3.63, 3.8) is 0 Å². The number of likely N-dealkylation sites (N-methyl/N-ethyl adjacent to an activating group) is 1. The lowest BCUT2D eigenvalue weighted by Gasteiger charge is -2.14. The first-order chi connectivity index (χ1) is 9.06. The fraction of sp³-hybridized carbons (Fsp3) is 0.846. The van der Waals surface area contributed by atoms with Crippen molar-refractivity contribution in [3.05, 3.63) is 0 Å². The van der Waals surface area contributed by atoms with Crippen molar-refractivity contribution < 1.29 is 19.4 Å². The lowest BCUT2D eigenvalue weighted by Crippen LogP contribution is -2.35. The Balaban J connectivity index is 3.64. The first-order valence-electron chi connectivity index (χ1n) is 6.75. The van der Waals surface area contributed by atoms with Crippen LogP contribution in [0.5, 0.6) is 0 Å². The van der Waals surface area contributed by atoms with Gasteiger partial charge in [-0.2, -0.15) is 0 Å². The molecule has 6 heteroatoms. The van der Waals surface area contributed by atoms with Crippen molar-refractivity contribution >= 4 is 11.9 Å². The normalized spacial score (nSPS) is 13.8. The minimum Gasteiger partial charge on any atom is -0.481 e. The van der Waals surface area contributed by atoms with E-state index in [0.717, 1.165) is 25.8 Å². The summed E-state index contributed by atoms with van der Waals surface area (Å²) >= 11 is 0. The number of methoxy groups -OCH3 is 1. The van der Waals surface area contributed by atoms with E-state index in [9.17, 15) is 9.59 Å². The molecular weight excluding hydrogens is 248 g/mol. The van der Waals surface area contributed by atoms with Crippen LogP contribution in [0, 0.1) is 5.92 Å². The maximum absolute atomic E-state index is 11.3. The summed E-state index contributed by atoms with van der Waals surface area (Å²) < 4.78 is 4.67. The molecule has 19 heavy (non-hydrogen) atoms. The van der Waals surface area contributed by atoms with Crippen molar-refractivity contribution in [2.45, 2.75) is 38.6 Å². The minimum absolute atomic E-state index is 0.243. The Labute approximate surface area is 114 Å². The van der Waals surface area contributed by atoms with E-state index in [-0.39, 0.29) is 17.9 Å². The highest BCUT2D eigenvalue weighted by Crippen LogP contribution is 2.03. The molecule has 0 aromatic rings. The van der Waals surface area contributed by atoms with Gasteiger partial charge in [0.15, 0.2) is 0 Å². The van der Waals surface area contributed by atoms with Crippen LogP contribution in [0.15, 0.2) is 0 Å². The number of nitrogens with one attached hydrogen (secondary N) is 2. The molecule has 0 bridgehead atoms. The average molecular weight is 274 g/mol. The zero-order chi connectivity index (χ0) is 14.7. The summed E-state index contributed by atoms with van der Waals surface area (Å²) in [6.07, 6.45) is 3.15. The molecule has 0 rings (SSSR count). The number of rotatable bonds is 11. The molecule has 0 amide bonds. The molecule has 2 atom stereocenters. The largest absolute Gasteiger partial charge is 0.481 e. The Hall–Kier alpha value is -1.14. The highest BCUT2D eigenvalue weighted by molar-refractivity contribution is 5.75. The van der Waals surface area contributed by atoms with Crippen LogP contribution in [-0.2, 0) is 14.3 Å². The lowest BCUT2D eigenvalue weighted by molar-refractivity contribution is -0.143. The summed E-state index contributed by atoms with van der Waals surface area (Å²) in [5, 5.41) is 14.9. The molecule has 0 fully saturated rings. The van der Waals surface area contributed by atoms with Gasteiger partial charge in [-0.05, 0) is 32.9 Å². The second kappa shape index (κ2) is 10.8. The van der Waals surface area contributed by atoms with Crippen LogP contribution in [-0.4, -0.2) is 50.3 Å². The quantitative estimate of drug-likeness (QED) is 0.378. The molecule has 0 aromatic heterocycles. The summed E-state index contributed by atoms with van der Waals surface area (Å²) in [4.78, 5) is 22.1. The van der Waals surface area contributed by atoms with Crippen LogP contribution >= 0.6 is 0 Å². The smallest absolute Gasteiger partial charge is 0.322 e. The van der Waals surface area contributed by atoms with E-state index in [0.29, 0.717) is 13.0 Å². The van der Waals surface area contributed by atoms with Gasteiger partial charge in [-0.3, -0.25) is 9.59 Å². The van der Waals surface area contributed by atoms with Gasteiger partial charge >= 0.3 is 11.9 Å². The summed E-state index contributed by atoms with van der Waals surface area (Å²) in [5.41, 5.74) is 0. The second-order valence-electron chi connectivity index (χ2n) is 4.51. The number of carbonyl (C=O) groups is 2. The fourth-order valence-corrected chi connectivity index (χ4v) is 1.80. The number of unbranched alkanes of at least 4 members (excludes halogenated alkanes) is 1. The summed E-state index contributed by atoms with van der Waals surface area (Å²) in [6, 6.07) is -0.257. The van der Waals surface area contributed by atoms with Crippen molar-refractivity contribution in [1.29, 1.82) is 0 Å². The topological polar surface area (TPSA) is 87.7 Å². The Morgan fingerprint density at radius 3 is 2.47 bits per heavy atom. The highest BCUT2D eigenvalue weighted by Gasteiger charge is 2.16. The number of esters is 1. The molecular formula is C13H26N2O4. The third-order valence-electron chi connectivity index (χ3n) is 3.16. The average Bonchev–Trinajstić information content (AvgIpc) is 2.41. The monoisotopic (exact) mass is 274 g/mol. The van der Waals surface area contributed by atoms with Gasteiger partial charge in [0.1, 0.15) is 6.04 Å². The Kier molecular flexibility index (Phi) is 10.1. The Bertz CT molecular complexity index is 271. The van der Waals surface area contributed by atoms with Gasteiger partial charge in [0.25, 0.3) is 0 Å². The predicted octanol–water partition coefficient (Wildman–Crippen LogP) is 0.618. The van der Waals surface area contributed by atoms with Gasteiger partial charge in [0, 0.05) is 6.54 Å². The highest BCUT2D eigenvalue weighted by atomic mass is 16.5. The second-order valence-corrected chi connectivity index (χ2v) is 4.51. The third kappa shape index (κ3) is 7.79. The van der Waals surface area contributed by atoms with E-state index < -0.39 is 5.97 Å². The minimum atomic E-state index is -0.754. The lowest BCUT2D eigenvalue weighted by atomic mass is 10.1. The van der Waals surface area contributed by atoms with Gasteiger partial charge in [0.2, 0.25) is 0 Å². The third-order valence-corrected chi connectivity index (χ3v) is 3.16. The number of carboxylic acids is 1. The van der Waals surface area contributed by atoms with E-state index in [1.54, 1.807) is 7.05 Å². The van der Waals surface area contributed by atoms with Crippen LogP contribution in [0.3, 0.4) is 0 Å². The summed E-state index contributed by atoms with van der Waals surface area (Å²) in [5.74, 6) is -1.32. The van der Waals surface area contributed by atoms with Crippen molar-refractivity contribution in [2.75, 3.05) is 27.2 Å². The SMILES string of the molecule is CCC(CNCCCCC(NC)C(=O)OC)C(=O)O. The molecule has 0 saturated heterocycles. The number of carbonyl (C=O) groups excluding carboxylic acids is 1. The van der Waals surface area contributed by atoms with Crippen molar-refractivity contribution in [2.24, 2.45) is 5.92 Å². The van der Waals surface area contributed by atoms with Gasteiger partial charge in [-0.1, -0.05) is 13.3 Å². The maximum Gasteiger partial charge on any atom is 0.322 e. The molecule has 0 radical (unpaired) electrons. The molecule has 0 heterocycles. The molecule has 0 aliphatic rings. The molecule has 3 N–H and O–H groups in total. The van der Waals surface area contributed by atoms with Gasteiger partial charge < -0.3 is 20.5 Å². The molecule has 112 valence electrons. The molecule has 0 aliphatic carbocycles. The van der Waals surface area contributed by atoms with Gasteiger partial charge in [0.05, 0.1) is 13.0 Å². The number of aliphatic carboxylic acids is 1. The number of hydrogen-bond acceptors (Lipinski definition) is 5. The van der Waals surface area contributed by atoms with E-state index in [2.05, 4.69) is 15.4 Å². The first-order valence-corrected chi connectivity index (χ1v) is 6.75. The Morgan fingerprint density at radius 2 is 2.00 bits per heavy atom. The van der Waals surface area contributed by atoms with Crippen molar-refractivity contribution in [3.8, 4) is 0 Å². The van der Waals surface area contributed by atoms with Gasteiger partial charge in [-0.15, -0.1) is 0 Å². The summed E-state index contributed by atoms with van der Waals surface area (Å²) in [7, 11) is 3.11. The number of hydrogen-bond donors (Lipinski definition) is 3. The molecule has 0 aromatic carbocycles. The van der Waals surface area contributed by atoms with Crippen LogP contribution in [0.1, 0.15) is 32.6 Å². The van der Waals surface area contributed by atoms with Crippen LogP contribution in [0.25, 0.3) is 0 Å². The molecule has 0 saturated carbocycles. The molecule has 2 unspecified atom stereocenters. The van der Waals surface area contributed by atoms with E-state index in [1.807, 2.05) is 6.92 Å². The molecule has 0 spiro atoms. The number of ether oxygens (including phenoxy) is 1. The fourth-order valence-electron chi connectivity index (χ4n) is 1.80. The molecule has 6 nitrogen and oxygen atoms in total. The van der Waals surface area contributed by atoms with E-state index in [4.69, 9.17) is 5.11 Å². The zero-order valence-electron chi connectivity index (χ0n) is 12.1. The predicted molar refractivity (Wildman–Crippen MR) is 73.0 cm³/mol. The molecule has 0 aliphatic heterocycles. The zero-order valence-corrected chi connectivity index (χ0v) is 12.1. The van der Waals surface area contributed by atoms with Crippen LogP contribution < -0.4 is 10.6 Å².